The summed E-state index contributed by atoms with van der Waals surface area (Å²) in [7, 11) is 0. The molecule has 0 saturated heterocycles. The Kier molecular flexibility index (Phi) is 4.26. The Labute approximate surface area is 123 Å². The number of carbonyl (C=O) groups is 2. The van der Waals surface area contributed by atoms with Crippen molar-refractivity contribution in [2.75, 3.05) is 17.2 Å². The molecule has 2 rings (SSSR count). The maximum absolute atomic E-state index is 11.6. The van der Waals surface area contributed by atoms with Crippen LogP contribution in [0.5, 0.6) is 0 Å². The average Bonchev–Trinajstić information content (AvgIpc) is 2.54. The molecule has 0 saturated carbocycles. The van der Waals surface area contributed by atoms with Crippen molar-refractivity contribution in [1.82, 2.24) is 4.98 Å². The van der Waals surface area contributed by atoms with Gasteiger partial charge in [0.15, 0.2) is 5.82 Å². The molecule has 1 aromatic heterocycles. The Morgan fingerprint density at radius 1 is 1.43 bits per heavy atom. The van der Waals surface area contributed by atoms with E-state index in [4.69, 9.17) is 4.74 Å². The van der Waals surface area contributed by atoms with E-state index in [-0.39, 0.29) is 5.91 Å². The van der Waals surface area contributed by atoms with Crippen LogP contribution < -0.4 is 10.6 Å². The van der Waals surface area contributed by atoms with Crippen LogP contribution in [0.3, 0.4) is 0 Å². The highest BCUT2D eigenvalue weighted by Crippen LogP contribution is 2.23. The lowest BCUT2D eigenvalue weighted by Crippen LogP contribution is -2.22. The van der Waals surface area contributed by atoms with E-state index < -0.39 is 11.6 Å². The summed E-state index contributed by atoms with van der Waals surface area (Å²) in [6.07, 6.45) is 4.99. The molecule has 2 heterocycles. The van der Waals surface area contributed by atoms with Crippen molar-refractivity contribution in [2.45, 2.75) is 32.8 Å². The van der Waals surface area contributed by atoms with Crippen LogP contribution in [0.25, 0.3) is 6.08 Å². The van der Waals surface area contributed by atoms with Gasteiger partial charge in [0, 0.05) is 25.2 Å². The summed E-state index contributed by atoms with van der Waals surface area (Å²) in [6.45, 7) is 6.00. The Morgan fingerprint density at radius 2 is 2.19 bits per heavy atom. The molecular weight excluding hydrogens is 270 g/mol. The number of fused-ring (bicyclic) bond motifs is 1. The van der Waals surface area contributed by atoms with Gasteiger partial charge in [0.2, 0.25) is 5.91 Å². The summed E-state index contributed by atoms with van der Waals surface area (Å²) in [5, 5.41) is 5.84. The topological polar surface area (TPSA) is 80.3 Å². The minimum atomic E-state index is -0.515. The van der Waals surface area contributed by atoms with Crippen molar-refractivity contribution in [3.05, 3.63) is 23.9 Å². The van der Waals surface area contributed by atoms with Crippen molar-refractivity contribution in [2.24, 2.45) is 0 Å². The molecule has 2 N–H and O–H groups in total. The smallest absolute Gasteiger partial charge is 0.331 e. The summed E-state index contributed by atoms with van der Waals surface area (Å²) >= 11 is 0. The molecule has 0 aliphatic carbocycles. The number of hydrogen-bond acceptors (Lipinski definition) is 5. The third-order valence-corrected chi connectivity index (χ3v) is 2.65. The second-order valence-electron chi connectivity index (χ2n) is 5.76. The van der Waals surface area contributed by atoms with E-state index >= 15 is 0 Å². The highest BCUT2D eigenvalue weighted by atomic mass is 16.6. The Morgan fingerprint density at radius 3 is 2.90 bits per heavy atom. The molecule has 0 radical (unpaired) electrons. The highest BCUT2D eigenvalue weighted by Gasteiger charge is 2.15. The zero-order chi connectivity index (χ0) is 15.5. The first-order valence-corrected chi connectivity index (χ1v) is 6.78. The molecule has 0 bridgehead atoms. The van der Waals surface area contributed by atoms with Gasteiger partial charge in [-0.05, 0) is 38.5 Å². The van der Waals surface area contributed by atoms with Gasteiger partial charge in [-0.1, -0.05) is 0 Å². The van der Waals surface area contributed by atoms with Crippen molar-refractivity contribution < 1.29 is 14.3 Å². The van der Waals surface area contributed by atoms with Crippen LogP contribution in [-0.4, -0.2) is 29.0 Å². The third kappa shape index (κ3) is 4.59. The van der Waals surface area contributed by atoms with Gasteiger partial charge in [-0.3, -0.25) is 4.79 Å². The molecule has 0 fully saturated rings. The first-order chi connectivity index (χ1) is 9.83. The normalized spacial score (nSPS) is 14.9. The first kappa shape index (κ1) is 15.0. The Hall–Kier alpha value is -2.37. The van der Waals surface area contributed by atoms with Gasteiger partial charge in [0.1, 0.15) is 5.60 Å². The summed E-state index contributed by atoms with van der Waals surface area (Å²) in [4.78, 5) is 27.2. The Bertz CT molecular complexity index is 588. The number of carbonyl (C=O) groups excluding carboxylic acids is 2. The summed E-state index contributed by atoms with van der Waals surface area (Å²) in [6, 6.07) is 1.83. The Balaban J connectivity index is 2.10. The van der Waals surface area contributed by atoms with Gasteiger partial charge in [-0.15, -0.1) is 0 Å². The number of aromatic nitrogens is 1. The van der Waals surface area contributed by atoms with E-state index in [0.717, 1.165) is 11.3 Å². The molecule has 112 valence electrons. The zero-order valence-electron chi connectivity index (χ0n) is 12.4. The zero-order valence-corrected chi connectivity index (χ0v) is 12.4. The van der Waals surface area contributed by atoms with Gasteiger partial charge >= 0.3 is 5.97 Å². The number of esters is 1. The summed E-state index contributed by atoms with van der Waals surface area (Å²) < 4.78 is 5.19. The fourth-order valence-corrected chi connectivity index (χ4v) is 1.81. The molecule has 1 aliphatic rings. The van der Waals surface area contributed by atoms with Crippen molar-refractivity contribution >= 4 is 29.5 Å². The second-order valence-corrected chi connectivity index (χ2v) is 5.76. The van der Waals surface area contributed by atoms with Crippen molar-refractivity contribution in [3.8, 4) is 0 Å². The fourth-order valence-electron chi connectivity index (χ4n) is 1.81. The molecule has 0 unspecified atom stereocenters. The van der Waals surface area contributed by atoms with Gasteiger partial charge in [-0.25, -0.2) is 9.78 Å². The van der Waals surface area contributed by atoms with E-state index in [0.29, 0.717) is 18.8 Å². The molecule has 1 aromatic rings. The molecule has 6 nitrogen and oxygen atoms in total. The van der Waals surface area contributed by atoms with Gasteiger partial charge in [-0.2, -0.15) is 0 Å². The molecule has 6 heteroatoms. The van der Waals surface area contributed by atoms with Crippen LogP contribution in [0.15, 0.2) is 18.3 Å². The summed E-state index contributed by atoms with van der Waals surface area (Å²) in [5.41, 5.74) is 0.981. The standard InChI is InChI=1S/C15H19N3O3/c1-15(2,3)21-13(20)5-4-10-8-11-14(17-9-10)18-12(19)6-7-16-11/h4-5,8-9,16H,6-7H2,1-3H3,(H,17,18,19). The van der Waals surface area contributed by atoms with Gasteiger partial charge < -0.3 is 15.4 Å². The number of pyridine rings is 1. The number of ether oxygens (including phenoxy) is 1. The first-order valence-electron chi connectivity index (χ1n) is 6.78. The van der Waals surface area contributed by atoms with Crippen molar-refractivity contribution in [3.63, 3.8) is 0 Å². The predicted molar refractivity (Wildman–Crippen MR) is 80.9 cm³/mol. The minimum Gasteiger partial charge on any atom is -0.457 e. The monoisotopic (exact) mass is 289 g/mol. The van der Waals surface area contributed by atoms with Gasteiger partial charge in [0.05, 0.1) is 5.69 Å². The molecule has 1 amide bonds. The van der Waals surface area contributed by atoms with E-state index in [1.54, 1.807) is 12.3 Å². The van der Waals surface area contributed by atoms with E-state index in [2.05, 4.69) is 15.6 Å². The van der Waals surface area contributed by atoms with Crippen LogP contribution in [0.1, 0.15) is 32.8 Å². The molecular formula is C15H19N3O3. The molecule has 1 aliphatic heterocycles. The maximum atomic E-state index is 11.6. The quantitative estimate of drug-likeness (QED) is 0.644. The largest absolute Gasteiger partial charge is 0.457 e. The van der Waals surface area contributed by atoms with E-state index in [1.165, 1.54) is 6.08 Å². The van der Waals surface area contributed by atoms with E-state index in [1.807, 2.05) is 26.8 Å². The number of anilines is 2. The van der Waals surface area contributed by atoms with Crippen molar-refractivity contribution in [1.29, 1.82) is 0 Å². The van der Waals surface area contributed by atoms with Gasteiger partial charge in [0.25, 0.3) is 0 Å². The fraction of sp³-hybridized carbons (Fsp3) is 0.400. The number of amides is 1. The lowest BCUT2D eigenvalue weighted by atomic mass is 10.2. The van der Waals surface area contributed by atoms with E-state index in [9.17, 15) is 9.59 Å². The number of hydrogen-bond donors (Lipinski definition) is 2. The predicted octanol–water partition coefficient (Wildman–Crippen LogP) is 2.19. The molecule has 0 aromatic carbocycles. The minimum absolute atomic E-state index is 0.0641. The SMILES string of the molecule is CC(C)(C)OC(=O)C=Cc1cnc2c(c1)NCCC(=O)N2. The lowest BCUT2D eigenvalue weighted by molar-refractivity contribution is -0.148. The summed E-state index contributed by atoms with van der Waals surface area (Å²) in [5.74, 6) is 0.0384. The highest BCUT2D eigenvalue weighted by molar-refractivity contribution is 5.95. The van der Waals surface area contributed by atoms with Crippen LogP contribution in [0.2, 0.25) is 0 Å². The average molecular weight is 289 g/mol. The number of rotatable bonds is 2. The third-order valence-electron chi connectivity index (χ3n) is 2.65. The van der Waals surface area contributed by atoms with Crippen LogP contribution in [-0.2, 0) is 14.3 Å². The molecule has 0 atom stereocenters. The van der Waals surface area contributed by atoms with Crippen LogP contribution in [0, 0.1) is 0 Å². The van der Waals surface area contributed by atoms with Crippen LogP contribution >= 0.6 is 0 Å². The number of nitrogens with one attached hydrogen (secondary N) is 2. The lowest BCUT2D eigenvalue weighted by Gasteiger charge is -2.17. The maximum Gasteiger partial charge on any atom is 0.331 e. The molecule has 21 heavy (non-hydrogen) atoms. The second kappa shape index (κ2) is 5.95. The number of nitrogens with zero attached hydrogens (tertiary/aromatic N) is 1. The molecule has 0 spiro atoms. The van der Waals surface area contributed by atoms with Crippen LogP contribution in [0.4, 0.5) is 11.5 Å².